The van der Waals surface area contributed by atoms with Gasteiger partial charge in [-0.25, -0.2) is 0 Å². The van der Waals surface area contributed by atoms with Crippen LogP contribution in [-0.2, 0) is 4.79 Å². The summed E-state index contributed by atoms with van der Waals surface area (Å²) in [5.41, 5.74) is -0.462. The van der Waals surface area contributed by atoms with E-state index in [1.54, 1.807) is 0 Å². The molecule has 0 bridgehead atoms. The van der Waals surface area contributed by atoms with Gasteiger partial charge in [-0.05, 0) is 37.5 Å². The molecule has 14 heavy (non-hydrogen) atoms. The van der Waals surface area contributed by atoms with Gasteiger partial charge in [0.2, 0.25) is 0 Å². The smallest absolute Gasteiger partial charge is 0.296 e. The van der Waals surface area contributed by atoms with Gasteiger partial charge in [0.05, 0.1) is 12.1 Å². The molecule has 0 radical (unpaired) electrons. The van der Waals surface area contributed by atoms with Crippen molar-refractivity contribution in [2.24, 2.45) is 5.92 Å². The number of carbonyl (C=O) groups excluding carboxylic acids is 1. The molecule has 1 aliphatic rings. The lowest BCUT2D eigenvalue weighted by atomic mass is 9.77. The average molecular weight is 195 g/mol. The SMILES string of the molecule is C#CC(=O)NC1(CO)CCC(C)CC1. The zero-order valence-corrected chi connectivity index (χ0v) is 8.55. The van der Waals surface area contributed by atoms with E-state index in [2.05, 4.69) is 12.2 Å². The van der Waals surface area contributed by atoms with E-state index in [9.17, 15) is 9.90 Å². The van der Waals surface area contributed by atoms with Crippen LogP contribution < -0.4 is 5.32 Å². The highest BCUT2D eigenvalue weighted by Gasteiger charge is 2.34. The van der Waals surface area contributed by atoms with Gasteiger partial charge in [0.15, 0.2) is 0 Å². The van der Waals surface area contributed by atoms with Crippen LogP contribution in [0.3, 0.4) is 0 Å². The van der Waals surface area contributed by atoms with Crippen molar-refractivity contribution in [2.75, 3.05) is 6.61 Å². The number of amides is 1. The lowest BCUT2D eigenvalue weighted by molar-refractivity contribution is -0.118. The lowest BCUT2D eigenvalue weighted by Gasteiger charge is -2.38. The van der Waals surface area contributed by atoms with Crippen molar-refractivity contribution in [3.63, 3.8) is 0 Å². The maximum atomic E-state index is 11.1. The lowest BCUT2D eigenvalue weighted by Crippen LogP contribution is -2.52. The Morgan fingerprint density at radius 1 is 1.64 bits per heavy atom. The van der Waals surface area contributed by atoms with E-state index in [0.29, 0.717) is 5.92 Å². The van der Waals surface area contributed by atoms with E-state index in [0.717, 1.165) is 25.7 Å². The van der Waals surface area contributed by atoms with Gasteiger partial charge >= 0.3 is 0 Å². The summed E-state index contributed by atoms with van der Waals surface area (Å²) >= 11 is 0. The van der Waals surface area contributed by atoms with Crippen molar-refractivity contribution in [1.29, 1.82) is 0 Å². The molecule has 1 rings (SSSR count). The molecular weight excluding hydrogens is 178 g/mol. The molecule has 0 unspecified atom stereocenters. The van der Waals surface area contributed by atoms with Crippen molar-refractivity contribution < 1.29 is 9.90 Å². The fourth-order valence-corrected chi connectivity index (χ4v) is 1.91. The van der Waals surface area contributed by atoms with E-state index in [4.69, 9.17) is 6.42 Å². The van der Waals surface area contributed by atoms with Gasteiger partial charge in [0.25, 0.3) is 5.91 Å². The predicted octanol–water partition coefficient (Wildman–Crippen LogP) is 0.677. The first-order valence-electron chi connectivity index (χ1n) is 5.01. The molecule has 0 saturated heterocycles. The first kappa shape index (κ1) is 11.1. The van der Waals surface area contributed by atoms with Crippen LogP contribution in [0.25, 0.3) is 0 Å². The molecule has 0 aromatic carbocycles. The molecule has 0 aromatic heterocycles. The summed E-state index contributed by atoms with van der Waals surface area (Å²) in [6.45, 7) is 2.16. The molecule has 3 heteroatoms. The Hall–Kier alpha value is -1.01. The molecule has 78 valence electrons. The monoisotopic (exact) mass is 195 g/mol. The highest BCUT2D eigenvalue weighted by molar-refractivity contribution is 5.93. The van der Waals surface area contributed by atoms with Crippen LogP contribution in [-0.4, -0.2) is 23.2 Å². The zero-order valence-electron chi connectivity index (χ0n) is 8.55. The minimum Gasteiger partial charge on any atom is -0.394 e. The number of aliphatic hydroxyl groups excluding tert-OH is 1. The van der Waals surface area contributed by atoms with Gasteiger partial charge in [-0.1, -0.05) is 6.92 Å². The highest BCUT2D eigenvalue weighted by Crippen LogP contribution is 2.31. The van der Waals surface area contributed by atoms with Gasteiger partial charge in [-0.15, -0.1) is 6.42 Å². The first-order chi connectivity index (χ1) is 6.62. The normalized spacial score (nSPS) is 31.9. The molecule has 1 amide bonds. The minimum absolute atomic E-state index is 0.0207. The van der Waals surface area contributed by atoms with Crippen LogP contribution in [0.2, 0.25) is 0 Å². The topological polar surface area (TPSA) is 49.3 Å². The Labute approximate surface area is 84.9 Å². The number of terminal acetylenes is 1. The standard InChI is InChI=1S/C11H17NO2/c1-3-10(14)12-11(8-13)6-4-9(2)5-7-11/h1,9,13H,4-8H2,2H3,(H,12,14). The number of rotatable bonds is 2. The zero-order chi connectivity index (χ0) is 10.6. The molecule has 2 N–H and O–H groups in total. The van der Waals surface area contributed by atoms with E-state index >= 15 is 0 Å². The van der Waals surface area contributed by atoms with Crippen LogP contribution in [0.1, 0.15) is 32.6 Å². The summed E-state index contributed by atoms with van der Waals surface area (Å²) < 4.78 is 0. The second kappa shape index (κ2) is 4.47. The predicted molar refractivity (Wildman–Crippen MR) is 54.4 cm³/mol. The summed E-state index contributed by atoms with van der Waals surface area (Å²) in [7, 11) is 0. The van der Waals surface area contributed by atoms with E-state index in [1.165, 1.54) is 0 Å². The largest absolute Gasteiger partial charge is 0.394 e. The second-order valence-electron chi connectivity index (χ2n) is 4.22. The third-order valence-corrected chi connectivity index (χ3v) is 3.04. The summed E-state index contributed by atoms with van der Waals surface area (Å²) in [4.78, 5) is 11.1. The van der Waals surface area contributed by atoms with E-state index in [-0.39, 0.29) is 6.61 Å². The number of aliphatic hydroxyl groups is 1. The maximum absolute atomic E-state index is 11.1. The number of hydrogen-bond donors (Lipinski definition) is 2. The molecule has 1 fully saturated rings. The van der Waals surface area contributed by atoms with Crippen molar-refractivity contribution in [1.82, 2.24) is 5.32 Å². The fraction of sp³-hybridized carbons (Fsp3) is 0.727. The Balaban J connectivity index is 2.59. The van der Waals surface area contributed by atoms with Gasteiger partial charge in [-0.2, -0.15) is 0 Å². The molecule has 0 atom stereocenters. The van der Waals surface area contributed by atoms with Crippen LogP contribution >= 0.6 is 0 Å². The van der Waals surface area contributed by atoms with Crippen LogP contribution in [0.15, 0.2) is 0 Å². The van der Waals surface area contributed by atoms with E-state index in [1.807, 2.05) is 5.92 Å². The summed E-state index contributed by atoms with van der Waals surface area (Å²) in [5.74, 6) is 2.28. The Morgan fingerprint density at radius 2 is 2.21 bits per heavy atom. The van der Waals surface area contributed by atoms with Crippen molar-refractivity contribution >= 4 is 5.91 Å². The number of carbonyl (C=O) groups is 1. The Morgan fingerprint density at radius 3 is 2.64 bits per heavy atom. The third-order valence-electron chi connectivity index (χ3n) is 3.04. The number of hydrogen-bond acceptors (Lipinski definition) is 2. The maximum Gasteiger partial charge on any atom is 0.296 e. The van der Waals surface area contributed by atoms with Crippen LogP contribution in [0.5, 0.6) is 0 Å². The molecule has 0 heterocycles. The summed E-state index contributed by atoms with van der Waals surface area (Å²) in [6, 6.07) is 0. The van der Waals surface area contributed by atoms with Crippen molar-refractivity contribution in [2.45, 2.75) is 38.1 Å². The fourth-order valence-electron chi connectivity index (χ4n) is 1.91. The highest BCUT2D eigenvalue weighted by atomic mass is 16.3. The second-order valence-corrected chi connectivity index (χ2v) is 4.22. The summed E-state index contributed by atoms with van der Waals surface area (Å²) in [6.07, 6.45) is 8.69. The van der Waals surface area contributed by atoms with Crippen LogP contribution in [0, 0.1) is 18.3 Å². The third kappa shape index (κ3) is 2.49. The number of nitrogens with one attached hydrogen (secondary N) is 1. The van der Waals surface area contributed by atoms with Gasteiger partial charge < -0.3 is 10.4 Å². The molecule has 1 aliphatic carbocycles. The Bertz CT molecular complexity index is 247. The van der Waals surface area contributed by atoms with Gasteiger partial charge in [0.1, 0.15) is 0 Å². The quantitative estimate of drug-likeness (QED) is 0.636. The van der Waals surface area contributed by atoms with Crippen molar-refractivity contribution in [3.05, 3.63) is 0 Å². The molecule has 0 aliphatic heterocycles. The van der Waals surface area contributed by atoms with Crippen LogP contribution in [0.4, 0.5) is 0 Å². The molecular formula is C11H17NO2. The van der Waals surface area contributed by atoms with Crippen molar-refractivity contribution in [3.8, 4) is 12.3 Å². The minimum atomic E-state index is -0.462. The summed E-state index contributed by atoms with van der Waals surface area (Å²) in [5, 5.41) is 12.0. The molecule has 3 nitrogen and oxygen atoms in total. The first-order valence-corrected chi connectivity index (χ1v) is 5.01. The molecule has 0 aromatic rings. The molecule has 0 spiro atoms. The molecule has 1 saturated carbocycles. The average Bonchev–Trinajstić information content (AvgIpc) is 2.22. The Kier molecular flexibility index (Phi) is 3.54. The van der Waals surface area contributed by atoms with Gasteiger partial charge in [-0.3, -0.25) is 4.79 Å². The van der Waals surface area contributed by atoms with Gasteiger partial charge in [0, 0.05) is 0 Å². The van der Waals surface area contributed by atoms with E-state index < -0.39 is 11.4 Å².